The second-order valence-corrected chi connectivity index (χ2v) is 5.90. The lowest BCUT2D eigenvalue weighted by Crippen LogP contribution is -2.34. The highest BCUT2D eigenvalue weighted by Crippen LogP contribution is 2.33. The Hall–Kier alpha value is -2.83. The van der Waals surface area contributed by atoms with Crippen LogP contribution in [0.1, 0.15) is 13.3 Å². The van der Waals surface area contributed by atoms with Crippen LogP contribution in [0.25, 0.3) is 0 Å². The molecule has 1 saturated heterocycles. The molecular weight excluding hydrogens is 320 g/mol. The van der Waals surface area contributed by atoms with Crippen LogP contribution in [0.3, 0.4) is 0 Å². The van der Waals surface area contributed by atoms with E-state index in [1.807, 2.05) is 42.0 Å². The zero-order valence-electron chi connectivity index (χ0n) is 14.2. The summed E-state index contributed by atoms with van der Waals surface area (Å²) in [5.74, 6) is 0.177. The first-order valence-corrected chi connectivity index (χ1v) is 8.44. The first-order chi connectivity index (χ1) is 12.2. The second-order valence-electron chi connectivity index (χ2n) is 5.90. The first kappa shape index (κ1) is 17.0. The number of aromatic nitrogens is 2. The first-order valence-electron chi connectivity index (χ1n) is 8.44. The summed E-state index contributed by atoms with van der Waals surface area (Å²) in [5, 5.41) is 2.90. The van der Waals surface area contributed by atoms with E-state index in [1.165, 1.54) is 0 Å². The van der Waals surface area contributed by atoms with E-state index in [4.69, 9.17) is 4.74 Å². The molecule has 132 valence electrons. The van der Waals surface area contributed by atoms with Gasteiger partial charge >= 0.3 is 0 Å². The van der Waals surface area contributed by atoms with E-state index in [-0.39, 0.29) is 24.2 Å². The number of nitrogens with zero attached hydrogens (tertiary/aromatic N) is 3. The smallest absolute Gasteiger partial charge is 0.227 e. The Balaban J connectivity index is 1.59. The predicted octanol–water partition coefficient (Wildman–Crippen LogP) is 1.45. The van der Waals surface area contributed by atoms with Crippen molar-refractivity contribution in [1.82, 2.24) is 14.9 Å². The van der Waals surface area contributed by atoms with E-state index >= 15 is 0 Å². The highest BCUT2D eigenvalue weighted by Gasteiger charge is 2.36. The Morgan fingerprint density at radius 1 is 1.40 bits per heavy atom. The third kappa shape index (κ3) is 3.99. The molecule has 0 spiro atoms. The lowest BCUT2D eigenvalue weighted by molar-refractivity contribution is -0.126. The van der Waals surface area contributed by atoms with Gasteiger partial charge in [-0.15, -0.1) is 0 Å². The fourth-order valence-corrected chi connectivity index (χ4v) is 2.95. The molecule has 7 heteroatoms. The molecule has 0 bridgehead atoms. The normalized spacial score (nSPS) is 16.9. The van der Waals surface area contributed by atoms with Crippen molar-refractivity contribution in [1.29, 1.82) is 0 Å². The van der Waals surface area contributed by atoms with Crippen molar-refractivity contribution in [2.75, 3.05) is 24.6 Å². The van der Waals surface area contributed by atoms with Gasteiger partial charge in [-0.2, -0.15) is 0 Å². The largest absolute Gasteiger partial charge is 0.492 e. The summed E-state index contributed by atoms with van der Waals surface area (Å²) in [6.45, 7) is 3.97. The van der Waals surface area contributed by atoms with E-state index in [2.05, 4.69) is 10.3 Å². The van der Waals surface area contributed by atoms with Crippen LogP contribution in [0, 0.1) is 5.92 Å². The van der Waals surface area contributed by atoms with Crippen molar-refractivity contribution in [2.45, 2.75) is 19.9 Å². The molecule has 2 amide bonds. The van der Waals surface area contributed by atoms with Crippen LogP contribution in [-0.2, 0) is 16.1 Å². The second kappa shape index (κ2) is 7.83. The van der Waals surface area contributed by atoms with E-state index in [0.717, 1.165) is 5.69 Å². The molecular formula is C18H22N4O3. The number of hydrogen-bond acceptors (Lipinski definition) is 4. The molecule has 2 heterocycles. The molecule has 2 aromatic rings. The van der Waals surface area contributed by atoms with Crippen molar-refractivity contribution < 1.29 is 14.3 Å². The van der Waals surface area contributed by atoms with Crippen LogP contribution in [0.15, 0.2) is 43.0 Å². The molecule has 3 rings (SSSR count). The van der Waals surface area contributed by atoms with Crippen LogP contribution in [0.4, 0.5) is 5.69 Å². The van der Waals surface area contributed by atoms with Gasteiger partial charge in [0, 0.05) is 38.4 Å². The molecule has 1 aromatic heterocycles. The Bertz CT molecular complexity index is 730. The Morgan fingerprint density at radius 2 is 2.24 bits per heavy atom. The van der Waals surface area contributed by atoms with Gasteiger partial charge in [0.1, 0.15) is 5.75 Å². The van der Waals surface area contributed by atoms with Crippen LogP contribution < -0.4 is 15.0 Å². The number of nitrogens with one attached hydrogen (secondary N) is 1. The average molecular weight is 342 g/mol. The summed E-state index contributed by atoms with van der Waals surface area (Å²) < 4.78 is 7.49. The zero-order chi connectivity index (χ0) is 17.6. The third-order valence-corrected chi connectivity index (χ3v) is 4.18. The lowest BCUT2D eigenvalue weighted by Gasteiger charge is -2.20. The molecule has 7 nitrogen and oxygen atoms in total. The molecule has 0 saturated carbocycles. The van der Waals surface area contributed by atoms with Gasteiger partial charge in [-0.25, -0.2) is 4.98 Å². The number of benzene rings is 1. The SMILES string of the molecule is CCOc1ccccc1N1C[C@H](C(=O)NCCn2ccnc2)CC1=O. The third-order valence-electron chi connectivity index (χ3n) is 4.18. The number of amides is 2. The monoisotopic (exact) mass is 342 g/mol. The summed E-state index contributed by atoms with van der Waals surface area (Å²) >= 11 is 0. The van der Waals surface area contributed by atoms with Gasteiger partial charge in [0.2, 0.25) is 11.8 Å². The van der Waals surface area contributed by atoms with E-state index in [1.54, 1.807) is 17.4 Å². The highest BCUT2D eigenvalue weighted by atomic mass is 16.5. The molecule has 0 aliphatic carbocycles. The number of imidazole rings is 1. The summed E-state index contributed by atoms with van der Waals surface area (Å²) in [5.41, 5.74) is 0.725. The summed E-state index contributed by atoms with van der Waals surface area (Å²) in [4.78, 5) is 30.4. The molecule has 0 unspecified atom stereocenters. The van der Waals surface area contributed by atoms with Gasteiger partial charge in [-0.3, -0.25) is 9.59 Å². The number of ether oxygens (including phenoxy) is 1. The minimum atomic E-state index is -0.343. The summed E-state index contributed by atoms with van der Waals surface area (Å²) in [7, 11) is 0. The van der Waals surface area contributed by atoms with E-state index in [0.29, 0.717) is 32.0 Å². The van der Waals surface area contributed by atoms with Gasteiger partial charge in [0.25, 0.3) is 0 Å². The minimum absolute atomic E-state index is 0.0538. The van der Waals surface area contributed by atoms with Crippen molar-refractivity contribution in [3.8, 4) is 5.75 Å². The minimum Gasteiger partial charge on any atom is -0.492 e. The van der Waals surface area contributed by atoms with Crippen LogP contribution in [0.2, 0.25) is 0 Å². The zero-order valence-corrected chi connectivity index (χ0v) is 14.2. The molecule has 1 aliphatic heterocycles. The van der Waals surface area contributed by atoms with Gasteiger partial charge in [0.15, 0.2) is 0 Å². The number of anilines is 1. The van der Waals surface area contributed by atoms with Gasteiger partial charge in [0.05, 0.1) is 24.5 Å². The molecule has 1 aromatic carbocycles. The van der Waals surface area contributed by atoms with Crippen molar-refractivity contribution in [3.05, 3.63) is 43.0 Å². The van der Waals surface area contributed by atoms with Crippen molar-refractivity contribution in [2.24, 2.45) is 5.92 Å². The topological polar surface area (TPSA) is 76.5 Å². The molecule has 0 radical (unpaired) electrons. The lowest BCUT2D eigenvalue weighted by atomic mass is 10.1. The Morgan fingerprint density at radius 3 is 3.00 bits per heavy atom. The highest BCUT2D eigenvalue weighted by molar-refractivity contribution is 6.01. The van der Waals surface area contributed by atoms with E-state index in [9.17, 15) is 9.59 Å². The van der Waals surface area contributed by atoms with Crippen LogP contribution in [0.5, 0.6) is 5.75 Å². The predicted molar refractivity (Wildman–Crippen MR) is 93.3 cm³/mol. The quantitative estimate of drug-likeness (QED) is 0.826. The number of carbonyl (C=O) groups is 2. The number of carbonyl (C=O) groups excluding carboxylic acids is 2. The molecule has 1 N–H and O–H groups in total. The molecule has 1 fully saturated rings. The molecule has 25 heavy (non-hydrogen) atoms. The van der Waals surface area contributed by atoms with Gasteiger partial charge in [-0.1, -0.05) is 12.1 Å². The Kier molecular flexibility index (Phi) is 5.33. The fraction of sp³-hybridized carbons (Fsp3) is 0.389. The van der Waals surface area contributed by atoms with Gasteiger partial charge < -0.3 is 19.5 Å². The van der Waals surface area contributed by atoms with Crippen LogP contribution >= 0.6 is 0 Å². The average Bonchev–Trinajstić information content (AvgIpc) is 3.25. The molecule has 1 aliphatic rings. The number of hydrogen-bond donors (Lipinski definition) is 1. The fourth-order valence-electron chi connectivity index (χ4n) is 2.95. The standard InChI is InChI=1S/C18H22N4O3/c1-2-25-16-6-4-3-5-15(16)22-12-14(11-17(22)23)18(24)20-8-10-21-9-7-19-13-21/h3-7,9,13-14H,2,8,10-12H2,1H3,(H,20,24)/t14-/m1/s1. The van der Waals surface area contributed by atoms with Crippen molar-refractivity contribution >= 4 is 17.5 Å². The number of para-hydroxylation sites is 2. The summed E-state index contributed by atoms with van der Waals surface area (Å²) in [6, 6.07) is 7.42. The Labute approximate surface area is 146 Å². The number of rotatable bonds is 7. The maximum absolute atomic E-state index is 12.4. The maximum atomic E-state index is 12.4. The van der Waals surface area contributed by atoms with E-state index < -0.39 is 0 Å². The maximum Gasteiger partial charge on any atom is 0.227 e. The molecule has 1 atom stereocenters. The van der Waals surface area contributed by atoms with Gasteiger partial charge in [-0.05, 0) is 19.1 Å². The van der Waals surface area contributed by atoms with Crippen LogP contribution in [-0.4, -0.2) is 41.1 Å². The van der Waals surface area contributed by atoms with Crippen molar-refractivity contribution in [3.63, 3.8) is 0 Å². The summed E-state index contributed by atoms with van der Waals surface area (Å²) in [6.07, 6.45) is 5.47.